The van der Waals surface area contributed by atoms with Crippen LogP contribution in [-0.4, -0.2) is 30.1 Å². The van der Waals surface area contributed by atoms with E-state index in [1.54, 1.807) is 6.20 Å². The van der Waals surface area contributed by atoms with E-state index in [2.05, 4.69) is 15.6 Å². The molecule has 2 aromatic rings. The number of benzene rings is 1. The molecule has 5 heteroatoms. The van der Waals surface area contributed by atoms with Gasteiger partial charge >= 0.3 is 0 Å². The van der Waals surface area contributed by atoms with Gasteiger partial charge in [-0.2, -0.15) is 0 Å². The quantitative estimate of drug-likeness (QED) is 0.856. The van der Waals surface area contributed by atoms with Gasteiger partial charge in [0.1, 0.15) is 6.10 Å². The summed E-state index contributed by atoms with van der Waals surface area (Å²) in [6, 6.07) is 13.6. The Kier molecular flexibility index (Phi) is 5.43. The van der Waals surface area contributed by atoms with E-state index < -0.39 is 0 Å². The molecule has 2 atom stereocenters. The van der Waals surface area contributed by atoms with Crippen LogP contribution in [-0.2, 0) is 16.0 Å². The molecule has 0 saturated carbocycles. The fourth-order valence-electron chi connectivity index (χ4n) is 2.85. The minimum atomic E-state index is -0.355. The number of amides is 1. The lowest BCUT2D eigenvalue weighted by Crippen LogP contribution is -2.31. The van der Waals surface area contributed by atoms with Crippen LogP contribution in [0, 0.1) is 5.92 Å². The van der Waals surface area contributed by atoms with Crippen LogP contribution in [0.3, 0.4) is 0 Å². The monoisotopic (exact) mass is 325 g/mol. The Morgan fingerprint density at radius 1 is 1.21 bits per heavy atom. The van der Waals surface area contributed by atoms with Gasteiger partial charge in [-0.05, 0) is 36.6 Å². The van der Waals surface area contributed by atoms with E-state index in [1.807, 2.05) is 49.4 Å². The van der Waals surface area contributed by atoms with Gasteiger partial charge in [0.2, 0.25) is 0 Å². The smallest absolute Gasteiger partial charge is 0.253 e. The zero-order valence-electron chi connectivity index (χ0n) is 13.9. The molecule has 0 aliphatic carbocycles. The second-order valence-corrected chi connectivity index (χ2v) is 6.09. The summed E-state index contributed by atoms with van der Waals surface area (Å²) >= 11 is 0. The summed E-state index contributed by atoms with van der Waals surface area (Å²) in [5.41, 5.74) is 2.73. The van der Waals surface area contributed by atoms with Crippen molar-refractivity contribution in [2.75, 3.05) is 23.8 Å². The normalized spacial score (nSPS) is 19.9. The van der Waals surface area contributed by atoms with E-state index in [9.17, 15) is 4.79 Å². The van der Waals surface area contributed by atoms with Gasteiger partial charge in [-0.25, -0.2) is 0 Å². The van der Waals surface area contributed by atoms with Crippen molar-refractivity contribution in [3.8, 4) is 0 Å². The SMILES string of the molecule is CC1CCOC1C(=O)Nc1ccccc1NCCc1ccccn1. The molecule has 126 valence electrons. The minimum absolute atomic E-state index is 0.0704. The number of aromatic nitrogens is 1. The molecule has 2 heterocycles. The molecular formula is C19H23N3O2. The van der Waals surface area contributed by atoms with Crippen molar-refractivity contribution in [2.24, 2.45) is 5.92 Å². The second-order valence-electron chi connectivity index (χ2n) is 6.09. The molecule has 24 heavy (non-hydrogen) atoms. The van der Waals surface area contributed by atoms with E-state index >= 15 is 0 Å². The largest absolute Gasteiger partial charge is 0.383 e. The first-order valence-electron chi connectivity index (χ1n) is 8.39. The third-order valence-electron chi connectivity index (χ3n) is 4.25. The van der Waals surface area contributed by atoms with E-state index in [4.69, 9.17) is 4.74 Å². The van der Waals surface area contributed by atoms with Crippen molar-refractivity contribution in [2.45, 2.75) is 25.9 Å². The highest BCUT2D eigenvalue weighted by Crippen LogP contribution is 2.25. The van der Waals surface area contributed by atoms with Crippen molar-refractivity contribution in [3.05, 3.63) is 54.4 Å². The first-order chi connectivity index (χ1) is 11.7. The van der Waals surface area contributed by atoms with Crippen LogP contribution in [0.5, 0.6) is 0 Å². The van der Waals surface area contributed by atoms with Gasteiger partial charge in [0.15, 0.2) is 0 Å². The molecule has 1 aromatic carbocycles. The van der Waals surface area contributed by atoms with Crippen LogP contribution >= 0.6 is 0 Å². The fourth-order valence-corrected chi connectivity index (χ4v) is 2.85. The molecule has 1 aliphatic heterocycles. The lowest BCUT2D eigenvalue weighted by molar-refractivity contribution is -0.126. The number of carbonyl (C=O) groups is 1. The average Bonchev–Trinajstić information content (AvgIpc) is 3.03. The summed E-state index contributed by atoms with van der Waals surface area (Å²) in [6.07, 6.45) is 3.20. The first kappa shape index (κ1) is 16.5. The predicted molar refractivity (Wildman–Crippen MR) is 95.0 cm³/mol. The number of carbonyl (C=O) groups excluding carboxylic acids is 1. The maximum absolute atomic E-state index is 12.4. The highest BCUT2D eigenvalue weighted by Gasteiger charge is 2.31. The molecule has 2 unspecified atom stereocenters. The number of pyridine rings is 1. The summed E-state index contributed by atoms with van der Waals surface area (Å²) in [5, 5.41) is 6.36. The van der Waals surface area contributed by atoms with Crippen molar-refractivity contribution < 1.29 is 9.53 Å². The zero-order chi connectivity index (χ0) is 16.8. The first-order valence-corrected chi connectivity index (χ1v) is 8.39. The van der Waals surface area contributed by atoms with E-state index in [1.165, 1.54) is 0 Å². The van der Waals surface area contributed by atoms with Gasteiger partial charge in [-0.1, -0.05) is 25.1 Å². The molecular weight excluding hydrogens is 302 g/mol. The average molecular weight is 325 g/mol. The lowest BCUT2D eigenvalue weighted by Gasteiger charge is -2.17. The van der Waals surface area contributed by atoms with E-state index in [0.717, 1.165) is 36.5 Å². The maximum Gasteiger partial charge on any atom is 0.253 e. The Bertz CT molecular complexity index is 675. The standard InChI is InChI=1S/C19H23N3O2/c1-14-10-13-24-18(14)19(23)22-17-8-3-2-7-16(17)21-12-9-15-6-4-5-11-20-15/h2-8,11,14,18,21H,9-10,12-13H2,1H3,(H,22,23). The molecule has 0 spiro atoms. The Morgan fingerprint density at radius 2 is 2.00 bits per heavy atom. The molecule has 0 bridgehead atoms. The number of ether oxygens (including phenoxy) is 1. The van der Waals surface area contributed by atoms with Crippen LogP contribution in [0.25, 0.3) is 0 Å². The number of anilines is 2. The van der Waals surface area contributed by atoms with Crippen molar-refractivity contribution in [1.82, 2.24) is 4.98 Å². The summed E-state index contributed by atoms with van der Waals surface area (Å²) in [7, 11) is 0. The number of rotatable bonds is 6. The van der Waals surface area contributed by atoms with Crippen molar-refractivity contribution in [1.29, 1.82) is 0 Å². The minimum Gasteiger partial charge on any atom is -0.383 e. The van der Waals surface area contributed by atoms with Gasteiger partial charge in [-0.3, -0.25) is 9.78 Å². The molecule has 2 N–H and O–H groups in total. The number of hydrogen-bond acceptors (Lipinski definition) is 4. The van der Waals surface area contributed by atoms with Gasteiger partial charge in [0.25, 0.3) is 5.91 Å². The van der Waals surface area contributed by atoms with Crippen LogP contribution in [0.4, 0.5) is 11.4 Å². The summed E-state index contributed by atoms with van der Waals surface area (Å²) in [4.78, 5) is 16.7. The van der Waals surface area contributed by atoms with Gasteiger partial charge < -0.3 is 15.4 Å². The van der Waals surface area contributed by atoms with Crippen LogP contribution < -0.4 is 10.6 Å². The third kappa shape index (κ3) is 4.11. The molecule has 5 nitrogen and oxygen atoms in total. The number of nitrogens with one attached hydrogen (secondary N) is 2. The highest BCUT2D eigenvalue weighted by molar-refractivity contribution is 5.97. The number of para-hydroxylation sites is 2. The fraction of sp³-hybridized carbons (Fsp3) is 0.368. The summed E-state index contributed by atoms with van der Waals surface area (Å²) in [6.45, 7) is 3.46. The van der Waals surface area contributed by atoms with Crippen LogP contribution in [0.15, 0.2) is 48.7 Å². The predicted octanol–water partition coefficient (Wildman–Crippen LogP) is 3.10. The van der Waals surface area contributed by atoms with E-state index in [0.29, 0.717) is 6.61 Å². The van der Waals surface area contributed by atoms with E-state index in [-0.39, 0.29) is 17.9 Å². The molecule has 1 fully saturated rings. The maximum atomic E-state index is 12.4. The molecule has 1 aromatic heterocycles. The summed E-state index contributed by atoms with van der Waals surface area (Å²) < 4.78 is 5.54. The number of hydrogen-bond donors (Lipinski definition) is 2. The molecule has 1 amide bonds. The molecule has 1 aliphatic rings. The van der Waals surface area contributed by atoms with Crippen LogP contribution in [0.1, 0.15) is 19.0 Å². The second kappa shape index (κ2) is 7.93. The Balaban J connectivity index is 1.59. The lowest BCUT2D eigenvalue weighted by atomic mass is 10.0. The van der Waals surface area contributed by atoms with Crippen molar-refractivity contribution >= 4 is 17.3 Å². The van der Waals surface area contributed by atoms with Gasteiger partial charge in [0, 0.05) is 31.5 Å². The van der Waals surface area contributed by atoms with Crippen molar-refractivity contribution in [3.63, 3.8) is 0 Å². The van der Waals surface area contributed by atoms with Gasteiger partial charge in [0.05, 0.1) is 11.4 Å². The molecule has 3 rings (SSSR count). The Morgan fingerprint density at radius 3 is 2.71 bits per heavy atom. The van der Waals surface area contributed by atoms with Gasteiger partial charge in [-0.15, -0.1) is 0 Å². The highest BCUT2D eigenvalue weighted by atomic mass is 16.5. The summed E-state index contributed by atoms with van der Waals surface area (Å²) in [5.74, 6) is 0.188. The third-order valence-corrected chi connectivity index (χ3v) is 4.25. The van der Waals surface area contributed by atoms with Crippen LogP contribution in [0.2, 0.25) is 0 Å². The zero-order valence-corrected chi connectivity index (χ0v) is 13.9. The topological polar surface area (TPSA) is 63.2 Å². The Labute approximate surface area is 142 Å². The molecule has 0 radical (unpaired) electrons. The molecule has 1 saturated heterocycles. The number of nitrogens with zero attached hydrogens (tertiary/aromatic N) is 1. The Hall–Kier alpha value is -2.40.